The van der Waals surface area contributed by atoms with Gasteiger partial charge in [0.2, 0.25) is 11.5 Å². The Kier molecular flexibility index (Phi) is 3.78. The maximum absolute atomic E-state index is 16.9. The van der Waals surface area contributed by atoms with Crippen molar-refractivity contribution in [1.82, 2.24) is 0 Å². The fourth-order valence-electron chi connectivity index (χ4n) is 7.30. The Morgan fingerprint density at radius 1 is 1.19 bits per heavy atom. The van der Waals surface area contributed by atoms with Crippen LogP contribution in [0.4, 0.5) is 4.39 Å². The molecule has 0 aliphatic heterocycles. The molecule has 3 saturated carbocycles. The molecule has 0 spiro atoms. The monoisotopic (exact) mass is 376 g/mol. The van der Waals surface area contributed by atoms with Crippen molar-refractivity contribution in [3.05, 3.63) is 23.2 Å². The number of aliphatic hydroxyl groups is 2. The maximum atomic E-state index is 16.9. The first-order valence-electron chi connectivity index (χ1n) is 10.1. The van der Waals surface area contributed by atoms with E-state index in [4.69, 9.17) is 0 Å². The first kappa shape index (κ1) is 18.7. The fourth-order valence-corrected chi connectivity index (χ4v) is 7.30. The van der Waals surface area contributed by atoms with Gasteiger partial charge in [-0.15, -0.1) is 0 Å². The predicted molar refractivity (Wildman–Crippen MR) is 98.8 cm³/mol. The van der Waals surface area contributed by atoms with Crippen molar-refractivity contribution in [2.45, 2.75) is 65.5 Å². The number of ketones is 2. The van der Waals surface area contributed by atoms with Crippen LogP contribution in [0.15, 0.2) is 23.2 Å². The summed E-state index contributed by atoms with van der Waals surface area (Å²) in [6, 6.07) is 0. The molecule has 0 aromatic carbocycles. The normalized spacial score (nSPS) is 49.2. The predicted octanol–water partition coefficient (Wildman–Crippen LogP) is 4.61. The fraction of sp³-hybridized carbons (Fsp3) is 0.727. The van der Waals surface area contributed by atoms with Gasteiger partial charge in [-0.3, -0.25) is 9.59 Å². The molecule has 27 heavy (non-hydrogen) atoms. The lowest BCUT2D eigenvalue weighted by atomic mass is 9.44. The van der Waals surface area contributed by atoms with Gasteiger partial charge in [0.1, 0.15) is 11.5 Å². The first-order chi connectivity index (χ1) is 12.5. The van der Waals surface area contributed by atoms with E-state index < -0.39 is 28.4 Å². The van der Waals surface area contributed by atoms with Gasteiger partial charge in [-0.25, -0.2) is 4.39 Å². The minimum atomic E-state index is -1.74. The molecule has 4 aliphatic rings. The molecule has 5 heteroatoms. The Labute approximate surface area is 159 Å². The Bertz CT molecular complexity index is 798. The molecule has 0 unspecified atom stereocenters. The molecule has 148 valence electrons. The summed E-state index contributed by atoms with van der Waals surface area (Å²) >= 11 is 0. The lowest BCUT2D eigenvalue weighted by Crippen LogP contribution is -2.63. The van der Waals surface area contributed by atoms with Gasteiger partial charge >= 0.3 is 0 Å². The SMILES string of the molecule is CC(=O)[C@H]1CC[C@H]2[C@@H]3C[C@H](C)C4=CC(=O)C(O)=C(O)[C@]4(C)[C@@]3(F)CC[C@]12C. The zero-order chi connectivity index (χ0) is 19.9. The first-order valence-corrected chi connectivity index (χ1v) is 10.1. The topological polar surface area (TPSA) is 74.6 Å². The molecule has 0 aromatic heterocycles. The molecule has 4 rings (SSSR count). The van der Waals surface area contributed by atoms with Gasteiger partial charge in [0.05, 0.1) is 5.41 Å². The van der Waals surface area contributed by atoms with Crippen LogP contribution < -0.4 is 0 Å². The Morgan fingerprint density at radius 3 is 2.48 bits per heavy atom. The summed E-state index contributed by atoms with van der Waals surface area (Å²) in [7, 11) is 0. The summed E-state index contributed by atoms with van der Waals surface area (Å²) in [4.78, 5) is 24.3. The summed E-state index contributed by atoms with van der Waals surface area (Å²) in [6.07, 6.45) is 4.34. The minimum Gasteiger partial charge on any atom is -0.507 e. The zero-order valence-corrected chi connectivity index (χ0v) is 16.5. The molecule has 4 aliphatic carbocycles. The molecular formula is C22H29FO4. The summed E-state index contributed by atoms with van der Waals surface area (Å²) in [5.41, 5.74) is -2.75. The smallest absolute Gasteiger partial charge is 0.223 e. The molecule has 0 aromatic rings. The van der Waals surface area contributed by atoms with Crippen molar-refractivity contribution in [2.24, 2.45) is 34.5 Å². The highest BCUT2D eigenvalue weighted by molar-refractivity contribution is 6.04. The number of fused-ring (bicyclic) bond motifs is 5. The van der Waals surface area contributed by atoms with Crippen molar-refractivity contribution >= 4 is 11.6 Å². The van der Waals surface area contributed by atoms with Gasteiger partial charge < -0.3 is 10.2 Å². The minimum absolute atomic E-state index is 0.0300. The number of hydrogen-bond acceptors (Lipinski definition) is 4. The van der Waals surface area contributed by atoms with E-state index in [1.54, 1.807) is 13.8 Å². The second kappa shape index (κ2) is 5.45. The molecule has 3 fully saturated rings. The number of halogens is 1. The second-order valence-corrected chi connectivity index (χ2v) is 9.74. The molecule has 0 bridgehead atoms. The molecule has 7 atom stereocenters. The van der Waals surface area contributed by atoms with Gasteiger partial charge in [0.25, 0.3) is 0 Å². The molecule has 0 amide bonds. The van der Waals surface area contributed by atoms with Crippen molar-refractivity contribution in [3.8, 4) is 0 Å². The van der Waals surface area contributed by atoms with Crippen LogP contribution in [0.1, 0.15) is 59.8 Å². The van der Waals surface area contributed by atoms with Crippen molar-refractivity contribution in [2.75, 3.05) is 0 Å². The summed E-state index contributed by atoms with van der Waals surface area (Å²) in [6.45, 7) is 7.38. The van der Waals surface area contributed by atoms with Gasteiger partial charge in [-0.2, -0.15) is 0 Å². The lowest BCUT2D eigenvalue weighted by Gasteiger charge is -2.61. The molecule has 0 radical (unpaired) electrons. The number of rotatable bonds is 1. The standard InChI is InChI=1S/C22H29FO4/c1-11-9-16-14-6-5-13(12(2)24)20(14,3)7-8-22(16,23)21(4)15(11)10-17(25)18(26)19(21)27/h10-11,13-14,16,26-27H,5-9H2,1-4H3/t11-,13+,14-,16-,20+,21+,22+/m0/s1. The lowest BCUT2D eigenvalue weighted by molar-refractivity contribution is -0.153. The maximum Gasteiger partial charge on any atom is 0.223 e. The van der Waals surface area contributed by atoms with E-state index in [0.717, 1.165) is 12.8 Å². The highest BCUT2D eigenvalue weighted by atomic mass is 19.1. The van der Waals surface area contributed by atoms with E-state index >= 15 is 4.39 Å². The van der Waals surface area contributed by atoms with Crippen molar-refractivity contribution in [3.63, 3.8) is 0 Å². The van der Waals surface area contributed by atoms with Crippen molar-refractivity contribution < 1.29 is 24.2 Å². The number of Topliss-reactive ketones (excluding diaryl/α,β-unsaturated/α-hetero) is 1. The van der Waals surface area contributed by atoms with Crippen LogP contribution in [0, 0.1) is 34.5 Å². The molecule has 4 nitrogen and oxygen atoms in total. The number of hydrogen-bond donors (Lipinski definition) is 2. The van der Waals surface area contributed by atoms with E-state index in [-0.39, 0.29) is 41.3 Å². The summed E-state index contributed by atoms with van der Waals surface area (Å²) in [5, 5.41) is 20.9. The molecule has 2 N–H and O–H groups in total. The van der Waals surface area contributed by atoms with E-state index in [1.807, 2.05) is 6.92 Å². The Balaban J connectivity index is 1.85. The van der Waals surface area contributed by atoms with Crippen LogP contribution in [0.5, 0.6) is 0 Å². The number of allylic oxidation sites excluding steroid dienone is 2. The molecule has 0 saturated heterocycles. The molecule has 0 heterocycles. The van der Waals surface area contributed by atoms with Crippen LogP contribution in [-0.4, -0.2) is 27.4 Å². The summed E-state index contributed by atoms with van der Waals surface area (Å²) in [5.74, 6) is -2.04. The second-order valence-electron chi connectivity index (χ2n) is 9.74. The third kappa shape index (κ3) is 2.03. The summed E-state index contributed by atoms with van der Waals surface area (Å²) < 4.78 is 16.9. The largest absolute Gasteiger partial charge is 0.507 e. The van der Waals surface area contributed by atoms with Gasteiger partial charge in [0.15, 0.2) is 5.76 Å². The van der Waals surface area contributed by atoms with Crippen molar-refractivity contribution in [1.29, 1.82) is 0 Å². The molecular weight excluding hydrogens is 347 g/mol. The van der Waals surface area contributed by atoms with E-state index in [1.165, 1.54) is 6.08 Å². The average molecular weight is 376 g/mol. The third-order valence-electron chi connectivity index (χ3n) is 8.77. The number of alkyl halides is 1. The van der Waals surface area contributed by atoms with Crippen LogP contribution in [0.3, 0.4) is 0 Å². The van der Waals surface area contributed by atoms with Gasteiger partial charge in [0, 0.05) is 5.92 Å². The number of aliphatic hydroxyl groups excluding tert-OH is 2. The number of carbonyl (C=O) groups excluding carboxylic acids is 2. The van der Waals surface area contributed by atoms with Crippen LogP contribution >= 0.6 is 0 Å². The average Bonchev–Trinajstić information content (AvgIpc) is 2.95. The highest BCUT2D eigenvalue weighted by Gasteiger charge is 2.70. The van der Waals surface area contributed by atoms with Crippen LogP contribution in [-0.2, 0) is 9.59 Å². The Morgan fingerprint density at radius 2 is 1.85 bits per heavy atom. The van der Waals surface area contributed by atoms with E-state index in [0.29, 0.717) is 18.4 Å². The van der Waals surface area contributed by atoms with Gasteiger partial charge in [-0.1, -0.05) is 13.8 Å². The Hall–Kier alpha value is -1.65. The third-order valence-corrected chi connectivity index (χ3v) is 8.77. The quantitative estimate of drug-likeness (QED) is 0.701. The van der Waals surface area contributed by atoms with Gasteiger partial charge in [-0.05, 0) is 80.8 Å². The van der Waals surface area contributed by atoms with E-state index in [9.17, 15) is 19.8 Å². The van der Waals surface area contributed by atoms with Crippen LogP contribution in [0.25, 0.3) is 0 Å². The van der Waals surface area contributed by atoms with Crippen LogP contribution in [0.2, 0.25) is 0 Å². The number of carbonyl (C=O) groups is 2. The zero-order valence-electron chi connectivity index (χ0n) is 16.5. The van der Waals surface area contributed by atoms with E-state index in [2.05, 4.69) is 6.92 Å². The highest BCUT2D eigenvalue weighted by Crippen LogP contribution is 2.70.